The highest BCUT2D eigenvalue weighted by atomic mass is 79.9. The van der Waals surface area contributed by atoms with E-state index in [9.17, 15) is 0 Å². The average molecular weight is 291 g/mol. The minimum absolute atomic E-state index is 0.344. The number of aromatic nitrogens is 2. The third-order valence-corrected chi connectivity index (χ3v) is 4.34. The maximum atomic E-state index is 5.89. The molecule has 0 saturated heterocycles. The van der Waals surface area contributed by atoms with Gasteiger partial charge in [-0.05, 0) is 34.2 Å². The van der Waals surface area contributed by atoms with Gasteiger partial charge in [0, 0.05) is 6.04 Å². The van der Waals surface area contributed by atoms with Crippen molar-refractivity contribution in [3.63, 3.8) is 0 Å². The van der Waals surface area contributed by atoms with Gasteiger partial charge < -0.3 is 5.32 Å². The highest BCUT2D eigenvalue weighted by molar-refractivity contribution is 9.10. The maximum Gasteiger partial charge on any atom is 0.148 e. The smallest absolute Gasteiger partial charge is 0.148 e. The van der Waals surface area contributed by atoms with E-state index in [1.165, 1.54) is 19.2 Å². The van der Waals surface area contributed by atoms with Crippen LogP contribution in [-0.4, -0.2) is 16.0 Å². The summed E-state index contributed by atoms with van der Waals surface area (Å²) in [6.45, 7) is 4.51. The number of nitrogens with zero attached hydrogens (tertiary/aromatic N) is 2. The topological polar surface area (TPSA) is 37.8 Å². The quantitative estimate of drug-likeness (QED) is 0.847. The first-order chi connectivity index (χ1) is 7.00. The van der Waals surface area contributed by atoms with Crippen molar-refractivity contribution >= 4 is 33.3 Å². The van der Waals surface area contributed by atoms with Crippen LogP contribution in [0.15, 0.2) is 10.8 Å². The summed E-state index contributed by atoms with van der Waals surface area (Å²) in [4.78, 5) is 8.07. The Kier molecular flexibility index (Phi) is 2.90. The summed E-state index contributed by atoms with van der Waals surface area (Å²) in [5.41, 5.74) is 0.344. The molecule has 15 heavy (non-hydrogen) atoms. The van der Waals surface area contributed by atoms with Crippen LogP contribution < -0.4 is 5.32 Å². The average Bonchev–Trinajstić information content (AvgIpc) is 2.19. The van der Waals surface area contributed by atoms with Crippen molar-refractivity contribution in [1.82, 2.24) is 9.97 Å². The van der Waals surface area contributed by atoms with E-state index in [0.29, 0.717) is 16.6 Å². The van der Waals surface area contributed by atoms with E-state index in [4.69, 9.17) is 11.6 Å². The maximum absolute atomic E-state index is 5.89. The van der Waals surface area contributed by atoms with Crippen molar-refractivity contribution in [2.24, 2.45) is 5.41 Å². The van der Waals surface area contributed by atoms with Gasteiger partial charge in [0.15, 0.2) is 0 Å². The van der Waals surface area contributed by atoms with E-state index in [1.807, 2.05) is 0 Å². The number of hydrogen-bond acceptors (Lipinski definition) is 3. The molecule has 0 spiro atoms. The van der Waals surface area contributed by atoms with Gasteiger partial charge in [-0.1, -0.05) is 25.4 Å². The minimum atomic E-state index is 0.344. The highest BCUT2D eigenvalue weighted by Gasteiger charge is 2.38. The first kappa shape index (κ1) is 11.1. The van der Waals surface area contributed by atoms with Crippen LogP contribution in [-0.2, 0) is 0 Å². The molecule has 3 nitrogen and oxygen atoms in total. The fourth-order valence-corrected chi connectivity index (χ4v) is 2.20. The standard InChI is InChI=1S/C10H13BrClN3/c1-10(2)4-3-6(10)15-9-7(11)8(12)13-5-14-9/h5-6H,3-4H2,1-2H3,(H,13,14,15). The van der Waals surface area contributed by atoms with E-state index >= 15 is 0 Å². The van der Waals surface area contributed by atoms with Crippen molar-refractivity contribution in [3.8, 4) is 0 Å². The molecule has 1 aliphatic carbocycles. The molecule has 82 valence electrons. The van der Waals surface area contributed by atoms with E-state index in [-0.39, 0.29) is 0 Å². The van der Waals surface area contributed by atoms with Crippen LogP contribution in [0.4, 0.5) is 5.82 Å². The summed E-state index contributed by atoms with van der Waals surface area (Å²) < 4.78 is 0.745. The second-order valence-corrected chi connectivity index (χ2v) is 5.70. The Labute approximate surface area is 103 Å². The van der Waals surface area contributed by atoms with Crippen molar-refractivity contribution in [2.45, 2.75) is 32.7 Å². The lowest BCUT2D eigenvalue weighted by Gasteiger charge is -2.45. The van der Waals surface area contributed by atoms with Gasteiger partial charge in [0.1, 0.15) is 17.3 Å². The lowest BCUT2D eigenvalue weighted by Crippen LogP contribution is -2.45. The van der Waals surface area contributed by atoms with E-state index in [2.05, 4.69) is 45.1 Å². The van der Waals surface area contributed by atoms with Crippen LogP contribution in [0.25, 0.3) is 0 Å². The molecule has 0 aromatic carbocycles. The van der Waals surface area contributed by atoms with Crippen LogP contribution in [0, 0.1) is 5.41 Å². The monoisotopic (exact) mass is 289 g/mol. The molecule has 1 N–H and O–H groups in total. The van der Waals surface area contributed by atoms with Crippen LogP contribution in [0.3, 0.4) is 0 Å². The van der Waals surface area contributed by atoms with Crippen LogP contribution in [0.1, 0.15) is 26.7 Å². The van der Waals surface area contributed by atoms with Gasteiger partial charge in [0.25, 0.3) is 0 Å². The Balaban J connectivity index is 2.15. The normalized spacial score (nSPS) is 23.3. The molecule has 5 heteroatoms. The lowest BCUT2D eigenvalue weighted by molar-refractivity contribution is 0.159. The number of rotatable bonds is 2. The van der Waals surface area contributed by atoms with Crippen LogP contribution in [0.5, 0.6) is 0 Å². The second-order valence-electron chi connectivity index (χ2n) is 4.55. The predicted molar refractivity (Wildman–Crippen MR) is 65.2 cm³/mol. The molecule has 2 rings (SSSR count). The van der Waals surface area contributed by atoms with Crippen molar-refractivity contribution in [1.29, 1.82) is 0 Å². The van der Waals surface area contributed by atoms with Gasteiger partial charge in [0.05, 0.1) is 4.47 Å². The minimum Gasteiger partial charge on any atom is -0.366 e. The second kappa shape index (κ2) is 3.91. The van der Waals surface area contributed by atoms with Crippen LogP contribution >= 0.6 is 27.5 Å². The summed E-state index contributed by atoms with van der Waals surface area (Å²) in [6.07, 6.45) is 3.91. The molecule has 1 saturated carbocycles. The van der Waals surface area contributed by atoms with Crippen molar-refractivity contribution in [3.05, 3.63) is 16.0 Å². The fraction of sp³-hybridized carbons (Fsp3) is 0.600. The highest BCUT2D eigenvalue weighted by Crippen LogP contribution is 2.42. The van der Waals surface area contributed by atoms with Crippen molar-refractivity contribution < 1.29 is 0 Å². The largest absolute Gasteiger partial charge is 0.366 e. The zero-order valence-corrected chi connectivity index (χ0v) is 11.1. The van der Waals surface area contributed by atoms with Gasteiger partial charge in [-0.15, -0.1) is 0 Å². The summed E-state index contributed by atoms with van der Waals surface area (Å²) in [7, 11) is 0. The molecular weight excluding hydrogens is 277 g/mol. The number of nitrogens with one attached hydrogen (secondary N) is 1. The number of anilines is 1. The number of halogens is 2. The van der Waals surface area contributed by atoms with Crippen molar-refractivity contribution in [2.75, 3.05) is 5.32 Å². The summed E-state index contributed by atoms with van der Waals surface area (Å²) in [6, 6.07) is 0.472. The Morgan fingerprint density at radius 2 is 2.27 bits per heavy atom. The molecule has 1 fully saturated rings. The van der Waals surface area contributed by atoms with E-state index < -0.39 is 0 Å². The fourth-order valence-electron chi connectivity index (χ4n) is 1.75. The van der Waals surface area contributed by atoms with E-state index in [0.717, 1.165) is 10.3 Å². The van der Waals surface area contributed by atoms with Gasteiger partial charge in [0.2, 0.25) is 0 Å². The summed E-state index contributed by atoms with van der Waals surface area (Å²) >= 11 is 9.27. The molecule has 0 amide bonds. The molecule has 1 aromatic rings. The first-order valence-corrected chi connectivity index (χ1v) is 6.10. The van der Waals surface area contributed by atoms with Gasteiger partial charge >= 0.3 is 0 Å². The predicted octanol–water partition coefficient (Wildman–Crippen LogP) is 3.49. The molecule has 1 unspecified atom stereocenters. The zero-order valence-electron chi connectivity index (χ0n) is 8.72. The Morgan fingerprint density at radius 1 is 1.53 bits per heavy atom. The Morgan fingerprint density at radius 3 is 2.80 bits per heavy atom. The molecule has 0 aliphatic heterocycles. The molecule has 0 radical (unpaired) electrons. The Bertz CT molecular complexity index is 381. The molecular formula is C10H13BrClN3. The zero-order chi connectivity index (χ0) is 11.1. The first-order valence-electron chi connectivity index (χ1n) is 4.93. The third kappa shape index (κ3) is 2.11. The Hall–Kier alpha value is -0.350. The van der Waals surface area contributed by atoms with Gasteiger partial charge in [-0.2, -0.15) is 0 Å². The summed E-state index contributed by atoms with van der Waals surface area (Å²) in [5.74, 6) is 0.785. The SMILES string of the molecule is CC1(C)CCC1Nc1ncnc(Cl)c1Br. The molecule has 1 aliphatic rings. The van der Waals surface area contributed by atoms with Gasteiger partial charge in [-0.3, -0.25) is 0 Å². The third-order valence-electron chi connectivity index (χ3n) is 3.08. The molecule has 1 heterocycles. The van der Waals surface area contributed by atoms with Crippen LogP contribution in [0.2, 0.25) is 5.15 Å². The number of hydrogen-bond donors (Lipinski definition) is 1. The summed E-state index contributed by atoms with van der Waals surface area (Å²) in [5, 5.41) is 3.84. The van der Waals surface area contributed by atoms with Gasteiger partial charge in [-0.25, -0.2) is 9.97 Å². The lowest BCUT2D eigenvalue weighted by atomic mass is 9.67. The molecule has 0 bridgehead atoms. The van der Waals surface area contributed by atoms with E-state index in [1.54, 1.807) is 0 Å². The molecule has 1 atom stereocenters. The molecule has 1 aromatic heterocycles.